The first kappa shape index (κ1) is 18.8. The summed E-state index contributed by atoms with van der Waals surface area (Å²) in [4.78, 5) is 16.7. The average molecular weight is 380 g/mol. The minimum atomic E-state index is -3.69. The molecule has 0 radical (unpaired) electrons. The van der Waals surface area contributed by atoms with Gasteiger partial charge in [-0.25, -0.2) is 8.42 Å². The summed E-state index contributed by atoms with van der Waals surface area (Å²) in [5.74, 6) is -0.309. The number of benzene rings is 2. The Bertz CT molecular complexity index is 1020. The van der Waals surface area contributed by atoms with Crippen molar-refractivity contribution in [2.24, 2.45) is 0 Å². The minimum Gasteiger partial charge on any atom is -0.350 e. The number of sulfone groups is 1. The lowest BCUT2D eigenvalue weighted by atomic mass is 10.1. The standard InChI is InChI=1S/C21H20N2O3S/c1-16-7-5-8-17(13-16)21(24)23-15-20(18-9-6-12-22-14-18)27(25,26)19-10-3-2-4-11-19/h2-14,20H,15H2,1H3,(H,23,24)/t20-/m1/s1. The van der Waals surface area contributed by atoms with Crippen LogP contribution in [0, 0.1) is 6.92 Å². The molecule has 0 aliphatic carbocycles. The van der Waals surface area contributed by atoms with Crippen LogP contribution in [0.4, 0.5) is 0 Å². The number of carbonyl (C=O) groups excluding carboxylic acids is 1. The quantitative estimate of drug-likeness (QED) is 0.712. The highest BCUT2D eigenvalue weighted by molar-refractivity contribution is 7.91. The maximum atomic E-state index is 13.2. The summed E-state index contributed by atoms with van der Waals surface area (Å²) in [5, 5.41) is 1.83. The van der Waals surface area contributed by atoms with Gasteiger partial charge in [-0.2, -0.15) is 0 Å². The van der Waals surface area contributed by atoms with E-state index in [1.54, 1.807) is 66.9 Å². The normalized spacial score (nSPS) is 12.3. The molecule has 138 valence electrons. The molecule has 5 nitrogen and oxygen atoms in total. The summed E-state index contributed by atoms with van der Waals surface area (Å²) in [7, 11) is -3.69. The number of rotatable bonds is 6. The molecule has 3 aromatic rings. The molecule has 0 aliphatic rings. The summed E-state index contributed by atoms with van der Waals surface area (Å²) >= 11 is 0. The first-order chi connectivity index (χ1) is 13.0. The van der Waals surface area contributed by atoms with E-state index in [-0.39, 0.29) is 17.3 Å². The molecular formula is C21H20N2O3S. The summed E-state index contributed by atoms with van der Waals surface area (Å²) in [6, 6.07) is 18.8. The third-order valence-electron chi connectivity index (χ3n) is 4.23. The Kier molecular flexibility index (Phi) is 5.66. The topological polar surface area (TPSA) is 76.1 Å². The molecule has 2 aromatic carbocycles. The lowest BCUT2D eigenvalue weighted by Crippen LogP contribution is -2.32. The van der Waals surface area contributed by atoms with Gasteiger partial charge in [-0.05, 0) is 42.8 Å². The SMILES string of the molecule is Cc1cccc(C(=O)NC[C@H](c2cccnc2)S(=O)(=O)c2ccccc2)c1. The van der Waals surface area contributed by atoms with Crippen molar-refractivity contribution >= 4 is 15.7 Å². The van der Waals surface area contributed by atoms with E-state index in [1.807, 2.05) is 13.0 Å². The molecule has 3 rings (SSSR count). The molecular weight excluding hydrogens is 360 g/mol. The van der Waals surface area contributed by atoms with Crippen LogP contribution in [0.2, 0.25) is 0 Å². The lowest BCUT2D eigenvalue weighted by molar-refractivity contribution is 0.0953. The molecule has 0 unspecified atom stereocenters. The number of hydrogen-bond acceptors (Lipinski definition) is 4. The minimum absolute atomic E-state index is 0.0459. The largest absolute Gasteiger partial charge is 0.350 e. The van der Waals surface area contributed by atoms with Crippen LogP contribution in [0.25, 0.3) is 0 Å². The van der Waals surface area contributed by atoms with Gasteiger partial charge in [-0.3, -0.25) is 9.78 Å². The van der Waals surface area contributed by atoms with Crippen molar-refractivity contribution in [2.45, 2.75) is 17.1 Å². The van der Waals surface area contributed by atoms with Crippen molar-refractivity contribution in [3.8, 4) is 0 Å². The van der Waals surface area contributed by atoms with E-state index in [9.17, 15) is 13.2 Å². The van der Waals surface area contributed by atoms with Crippen LogP contribution in [0.5, 0.6) is 0 Å². The fourth-order valence-electron chi connectivity index (χ4n) is 2.82. The van der Waals surface area contributed by atoms with Crippen LogP contribution in [0.3, 0.4) is 0 Å². The Morgan fingerprint density at radius 2 is 1.81 bits per heavy atom. The number of pyridine rings is 1. The molecule has 1 heterocycles. The predicted octanol–water partition coefficient (Wildman–Crippen LogP) is 3.34. The maximum Gasteiger partial charge on any atom is 0.251 e. The Labute approximate surface area is 159 Å². The van der Waals surface area contributed by atoms with E-state index in [0.29, 0.717) is 11.1 Å². The first-order valence-electron chi connectivity index (χ1n) is 8.52. The van der Waals surface area contributed by atoms with Crippen molar-refractivity contribution in [3.05, 3.63) is 95.8 Å². The fourth-order valence-corrected chi connectivity index (χ4v) is 4.49. The number of carbonyl (C=O) groups is 1. The Morgan fingerprint density at radius 1 is 1.04 bits per heavy atom. The van der Waals surface area contributed by atoms with E-state index in [4.69, 9.17) is 0 Å². The van der Waals surface area contributed by atoms with Gasteiger partial charge in [0.05, 0.1) is 4.90 Å². The maximum absolute atomic E-state index is 13.2. The van der Waals surface area contributed by atoms with E-state index in [1.165, 1.54) is 6.20 Å². The molecule has 1 N–H and O–H groups in total. The molecule has 6 heteroatoms. The van der Waals surface area contributed by atoms with Crippen LogP contribution in [-0.2, 0) is 9.84 Å². The fraction of sp³-hybridized carbons (Fsp3) is 0.143. The van der Waals surface area contributed by atoms with Gasteiger partial charge < -0.3 is 5.32 Å². The molecule has 27 heavy (non-hydrogen) atoms. The number of aromatic nitrogens is 1. The van der Waals surface area contributed by atoms with Gasteiger partial charge in [-0.1, -0.05) is 42.0 Å². The summed E-state index contributed by atoms with van der Waals surface area (Å²) in [6.07, 6.45) is 3.10. The molecule has 1 amide bonds. The van der Waals surface area contributed by atoms with Crippen LogP contribution in [0.15, 0.2) is 84.0 Å². The van der Waals surface area contributed by atoms with Crippen LogP contribution in [0.1, 0.15) is 26.7 Å². The van der Waals surface area contributed by atoms with Crippen molar-refractivity contribution in [3.63, 3.8) is 0 Å². The molecule has 0 saturated heterocycles. The molecule has 0 spiro atoms. The third-order valence-corrected chi connectivity index (χ3v) is 6.35. The molecule has 0 aliphatic heterocycles. The van der Waals surface area contributed by atoms with Gasteiger partial charge in [0.25, 0.3) is 5.91 Å². The van der Waals surface area contributed by atoms with Crippen molar-refractivity contribution in [1.82, 2.24) is 10.3 Å². The van der Waals surface area contributed by atoms with Gasteiger partial charge in [0.2, 0.25) is 0 Å². The molecule has 0 saturated carbocycles. The number of amides is 1. The van der Waals surface area contributed by atoms with Crippen molar-refractivity contribution in [1.29, 1.82) is 0 Å². The molecule has 0 fully saturated rings. The van der Waals surface area contributed by atoms with Gasteiger partial charge in [0.15, 0.2) is 9.84 Å². The third kappa shape index (κ3) is 4.41. The summed E-state index contributed by atoms with van der Waals surface area (Å²) < 4.78 is 26.3. The van der Waals surface area contributed by atoms with E-state index >= 15 is 0 Å². The highest BCUT2D eigenvalue weighted by Crippen LogP contribution is 2.28. The van der Waals surface area contributed by atoms with Gasteiger partial charge in [0.1, 0.15) is 5.25 Å². The number of nitrogens with one attached hydrogen (secondary N) is 1. The monoisotopic (exact) mass is 380 g/mol. The van der Waals surface area contributed by atoms with Crippen LogP contribution in [-0.4, -0.2) is 25.9 Å². The van der Waals surface area contributed by atoms with Crippen LogP contribution < -0.4 is 5.32 Å². The van der Waals surface area contributed by atoms with Gasteiger partial charge >= 0.3 is 0 Å². The second-order valence-corrected chi connectivity index (χ2v) is 8.34. The Morgan fingerprint density at radius 3 is 2.48 bits per heavy atom. The number of hydrogen-bond donors (Lipinski definition) is 1. The summed E-state index contributed by atoms with van der Waals surface area (Å²) in [5.41, 5.74) is 1.99. The highest BCUT2D eigenvalue weighted by atomic mass is 32.2. The molecule has 1 atom stereocenters. The van der Waals surface area contributed by atoms with Crippen molar-refractivity contribution in [2.75, 3.05) is 6.54 Å². The first-order valence-corrected chi connectivity index (χ1v) is 10.1. The van der Waals surface area contributed by atoms with E-state index in [0.717, 1.165) is 5.56 Å². The zero-order valence-corrected chi connectivity index (χ0v) is 15.7. The zero-order valence-electron chi connectivity index (χ0n) is 14.9. The summed E-state index contributed by atoms with van der Waals surface area (Å²) in [6.45, 7) is 1.85. The highest BCUT2D eigenvalue weighted by Gasteiger charge is 2.29. The van der Waals surface area contributed by atoms with Gasteiger partial charge in [-0.15, -0.1) is 0 Å². The predicted molar refractivity (Wildman–Crippen MR) is 104 cm³/mol. The second-order valence-electron chi connectivity index (χ2n) is 6.21. The number of aryl methyl sites for hydroxylation is 1. The molecule has 0 bridgehead atoms. The van der Waals surface area contributed by atoms with E-state index in [2.05, 4.69) is 10.3 Å². The zero-order chi connectivity index (χ0) is 19.3. The molecule has 1 aromatic heterocycles. The second kappa shape index (κ2) is 8.14. The smallest absolute Gasteiger partial charge is 0.251 e. The lowest BCUT2D eigenvalue weighted by Gasteiger charge is -2.19. The van der Waals surface area contributed by atoms with Crippen LogP contribution >= 0.6 is 0 Å². The van der Waals surface area contributed by atoms with Gasteiger partial charge in [0, 0.05) is 24.5 Å². The Balaban J connectivity index is 1.89. The average Bonchev–Trinajstić information content (AvgIpc) is 2.69. The van der Waals surface area contributed by atoms with E-state index < -0.39 is 15.1 Å². The van der Waals surface area contributed by atoms with Crippen molar-refractivity contribution < 1.29 is 13.2 Å². The number of nitrogens with zero attached hydrogens (tertiary/aromatic N) is 1. The Hall–Kier alpha value is -2.99.